The fourth-order valence-electron chi connectivity index (χ4n) is 1.75. The predicted molar refractivity (Wildman–Crippen MR) is 59.7 cm³/mol. The third kappa shape index (κ3) is 3.44. The number of nitrogens with two attached hydrogens (primary N) is 1. The van der Waals surface area contributed by atoms with Gasteiger partial charge in [0.1, 0.15) is 5.84 Å². The highest BCUT2D eigenvalue weighted by Crippen LogP contribution is 2.37. The molecule has 0 spiro atoms. The Hall–Kier alpha value is -0.650. The SMILES string of the molecule is COCCN=C(CC1(OC)CCC1)NN. The Morgan fingerprint density at radius 3 is 2.60 bits per heavy atom. The summed E-state index contributed by atoms with van der Waals surface area (Å²) in [4.78, 5) is 4.32. The van der Waals surface area contributed by atoms with Gasteiger partial charge in [0, 0.05) is 20.6 Å². The van der Waals surface area contributed by atoms with Crippen LogP contribution in [0.3, 0.4) is 0 Å². The molecule has 0 aromatic rings. The fourth-order valence-corrected chi connectivity index (χ4v) is 1.75. The van der Waals surface area contributed by atoms with Gasteiger partial charge < -0.3 is 14.9 Å². The van der Waals surface area contributed by atoms with Crippen LogP contribution in [0.25, 0.3) is 0 Å². The Kier molecular flexibility index (Phi) is 5.01. The summed E-state index contributed by atoms with van der Waals surface area (Å²) in [5, 5.41) is 0. The number of amidine groups is 1. The molecule has 5 nitrogen and oxygen atoms in total. The van der Waals surface area contributed by atoms with Crippen molar-refractivity contribution in [3.63, 3.8) is 0 Å². The summed E-state index contributed by atoms with van der Waals surface area (Å²) in [5.74, 6) is 6.22. The molecule has 1 fully saturated rings. The highest BCUT2D eigenvalue weighted by atomic mass is 16.5. The summed E-state index contributed by atoms with van der Waals surface area (Å²) < 4.78 is 10.4. The van der Waals surface area contributed by atoms with Gasteiger partial charge in [-0.25, -0.2) is 5.84 Å². The quantitative estimate of drug-likeness (QED) is 0.222. The minimum atomic E-state index is -0.0295. The van der Waals surface area contributed by atoms with Crippen molar-refractivity contribution >= 4 is 5.84 Å². The average Bonchev–Trinajstić information content (AvgIpc) is 2.21. The van der Waals surface area contributed by atoms with E-state index >= 15 is 0 Å². The normalized spacial score (nSPS) is 19.8. The zero-order valence-electron chi connectivity index (χ0n) is 9.58. The van der Waals surface area contributed by atoms with Gasteiger partial charge in [-0.05, 0) is 19.3 Å². The van der Waals surface area contributed by atoms with Gasteiger partial charge in [0.05, 0.1) is 18.8 Å². The number of hydrogen-bond acceptors (Lipinski definition) is 4. The monoisotopic (exact) mass is 215 g/mol. The summed E-state index contributed by atoms with van der Waals surface area (Å²) in [6.45, 7) is 1.25. The largest absolute Gasteiger partial charge is 0.383 e. The molecule has 15 heavy (non-hydrogen) atoms. The number of ether oxygens (including phenoxy) is 2. The molecule has 0 atom stereocenters. The van der Waals surface area contributed by atoms with Gasteiger partial charge in [-0.3, -0.25) is 4.99 Å². The molecule has 0 heterocycles. The zero-order valence-corrected chi connectivity index (χ0v) is 9.58. The zero-order chi connectivity index (χ0) is 11.1. The third-order valence-electron chi connectivity index (χ3n) is 2.95. The van der Waals surface area contributed by atoms with Crippen molar-refractivity contribution in [2.75, 3.05) is 27.4 Å². The van der Waals surface area contributed by atoms with E-state index in [2.05, 4.69) is 10.4 Å². The van der Waals surface area contributed by atoms with Crippen molar-refractivity contribution in [3.05, 3.63) is 0 Å². The molecule has 1 rings (SSSR count). The van der Waals surface area contributed by atoms with Gasteiger partial charge in [0.25, 0.3) is 0 Å². The maximum Gasteiger partial charge on any atom is 0.113 e. The van der Waals surface area contributed by atoms with Gasteiger partial charge in [-0.2, -0.15) is 0 Å². The molecule has 0 radical (unpaired) electrons. The average molecular weight is 215 g/mol. The minimum absolute atomic E-state index is 0.0295. The van der Waals surface area contributed by atoms with E-state index in [0.717, 1.165) is 25.1 Å². The molecule has 1 aliphatic carbocycles. The second kappa shape index (κ2) is 6.05. The Morgan fingerprint density at radius 1 is 1.47 bits per heavy atom. The van der Waals surface area contributed by atoms with Crippen LogP contribution < -0.4 is 11.3 Å². The van der Waals surface area contributed by atoms with E-state index in [1.54, 1.807) is 14.2 Å². The molecule has 5 heteroatoms. The highest BCUT2D eigenvalue weighted by Gasteiger charge is 2.38. The summed E-state index contributed by atoms with van der Waals surface area (Å²) >= 11 is 0. The molecular formula is C10H21N3O2. The molecule has 0 amide bonds. The Morgan fingerprint density at radius 2 is 2.20 bits per heavy atom. The smallest absolute Gasteiger partial charge is 0.113 e. The highest BCUT2D eigenvalue weighted by molar-refractivity contribution is 5.82. The molecule has 0 unspecified atom stereocenters. The van der Waals surface area contributed by atoms with E-state index in [1.165, 1.54) is 6.42 Å². The molecular weight excluding hydrogens is 194 g/mol. The lowest BCUT2D eigenvalue weighted by Gasteiger charge is -2.40. The van der Waals surface area contributed by atoms with E-state index in [0.29, 0.717) is 13.2 Å². The lowest BCUT2D eigenvalue weighted by molar-refractivity contribution is -0.0658. The van der Waals surface area contributed by atoms with Crippen LogP contribution in [0.4, 0.5) is 0 Å². The topological polar surface area (TPSA) is 68.9 Å². The second-order valence-corrected chi connectivity index (χ2v) is 3.88. The van der Waals surface area contributed by atoms with Crippen molar-refractivity contribution in [1.29, 1.82) is 0 Å². The number of hydrogen-bond donors (Lipinski definition) is 2. The predicted octanol–water partition coefficient (Wildman–Crippen LogP) is 0.454. The number of hydrazine groups is 1. The van der Waals surface area contributed by atoms with E-state index in [1.807, 2.05) is 0 Å². The maximum absolute atomic E-state index is 5.50. The molecule has 0 bridgehead atoms. The standard InChI is InChI=1S/C10H21N3O2/c1-14-7-6-12-9(13-11)8-10(15-2)4-3-5-10/h3-8,11H2,1-2H3,(H,12,13). The number of nitrogens with zero attached hydrogens (tertiary/aromatic N) is 1. The first kappa shape index (κ1) is 12.4. The molecule has 3 N–H and O–H groups in total. The molecule has 0 aromatic heterocycles. The van der Waals surface area contributed by atoms with Crippen LogP contribution in [0.5, 0.6) is 0 Å². The number of nitrogens with one attached hydrogen (secondary N) is 1. The summed E-state index contributed by atoms with van der Waals surface area (Å²) in [6.07, 6.45) is 4.18. The van der Waals surface area contributed by atoms with Gasteiger partial charge in [-0.15, -0.1) is 0 Å². The second-order valence-electron chi connectivity index (χ2n) is 3.88. The number of aliphatic imine (C=N–C) groups is 1. The van der Waals surface area contributed by atoms with Crippen molar-refractivity contribution in [2.24, 2.45) is 10.8 Å². The first-order valence-electron chi connectivity index (χ1n) is 5.30. The van der Waals surface area contributed by atoms with Crippen LogP contribution in [0.2, 0.25) is 0 Å². The van der Waals surface area contributed by atoms with Crippen LogP contribution >= 0.6 is 0 Å². The van der Waals surface area contributed by atoms with Crippen LogP contribution in [0.1, 0.15) is 25.7 Å². The van der Waals surface area contributed by atoms with E-state index < -0.39 is 0 Å². The molecule has 0 saturated heterocycles. The maximum atomic E-state index is 5.50. The van der Waals surface area contributed by atoms with Gasteiger partial charge in [0.15, 0.2) is 0 Å². The van der Waals surface area contributed by atoms with Crippen molar-refractivity contribution in [3.8, 4) is 0 Å². The first-order chi connectivity index (χ1) is 7.26. The Balaban J connectivity index is 2.41. The summed E-state index contributed by atoms with van der Waals surface area (Å²) in [6, 6.07) is 0. The van der Waals surface area contributed by atoms with Gasteiger partial charge >= 0.3 is 0 Å². The number of methoxy groups -OCH3 is 2. The number of rotatable bonds is 6. The Labute approximate surface area is 91.0 Å². The first-order valence-corrected chi connectivity index (χ1v) is 5.30. The lowest BCUT2D eigenvalue weighted by Crippen LogP contribution is -2.45. The van der Waals surface area contributed by atoms with Crippen molar-refractivity contribution in [2.45, 2.75) is 31.3 Å². The minimum Gasteiger partial charge on any atom is -0.383 e. The molecule has 1 aliphatic rings. The molecule has 88 valence electrons. The van der Waals surface area contributed by atoms with Crippen LogP contribution in [0.15, 0.2) is 4.99 Å². The van der Waals surface area contributed by atoms with Crippen LogP contribution in [-0.2, 0) is 9.47 Å². The Bertz CT molecular complexity index is 209. The van der Waals surface area contributed by atoms with Crippen LogP contribution in [-0.4, -0.2) is 38.8 Å². The molecule has 1 saturated carbocycles. The summed E-state index contributed by atoms with van der Waals surface area (Å²) in [5.41, 5.74) is 2.60. The van der Waals surface area contributed by atoms with Gasteiger partial charge in [0.2, 0.25) is 0 Å². The fraction of sp³-hybridized carbons (Fsp3) is 0.900. The van der Waals surface area contributed by atoms with E-state index in [-0.39, 0.29) is 5.60 Å². The van der Waals surface area contributed by atoms with E-state index in [9.17, 15) is 0 Å². The molecule has 0 aromatic carbocycles. The van der Waals surface area contributed by atoms with Gasteiger partial charge in [-0.1, -0.05) is 0 Å². The third-order valence-corrected chi connectivity index (χ3v) is 2.95. The summed E-state index contributed by atoms with van der Waals surface area (Å²) in [7, 11) is 3.41. The van der Waals surface area contributed by atoms with Crippen LogP contribution in [0, 0.1) is 0 Å². The van der Waals surface area contributed by atoms with E-state index in [4.69, 9.17) is 15.3 Å². The molecule has 0 aliphatic heterocycles. The van der Waals surface area contributed by atoms with Crippen molar-refractivity contribution < 1.29 is 9.47 Å². The lowest BCUT2D eigenvalue weighted by atomic mass is 9.77. The van der Waals surface area contributed by atoms with Crippen molar-refractivity contribution in [1.82, 2.24) is 5.43 Å².